The summed E-state index contributed by atoms with van der Waals surface area (Å²) in [5.41, 5.74) is 7.22. The Bertz CT molecular complexity index is 844. The monoisotopic (exact) mass is 298 g/mol. The van der Waals surface area contributed by atoms with Crippen LogP contribution in [0, 0.1) is 0 Å². The van der Waals surface area contributed by atoms with E-state index in [-0.39, 0.29) is 10.8 Å². The fraction of sp³-hybridized carbons (Fsp3) is 0.217. The molecule has 0 heterocycles. The van der Waals surface area contributed by atoms with Crippen LogP contribution in [0.2, 0.25) is 0 Å². The molecule has 0 saturated heterocycles. The Morgan fingerprint density at radius 3 is 1.91 bits per heavy atom. The third-order valence-electron chi connectivity index (χ3n) is 5.60. The molecule has 114 valence electrons. The van der Waals surface area contributed by atoms with Crippen LogP contribution in [0.5, 0.6) is 0 Å². The predicted octanol–water partition coefficient (Wildman–Crippen LogP) is 5.68. The molecule has 0 aromatic heterocycles. The van der Waals surface area contributed by atoms with Crippen molar-refractivity contribution in [2.75, 3.05) is 0 Å². The highest BCUT2D eigenvalue weighted by atomic mass is 14.5. The van der Waals surface area contributed by atoms with Crippen molar-refractivity contribution in [2.24, 2.45) is 0 Å². The molecule has 0 bridgehead atoms. The van der Waals surface area contributed by atoms with E-state index in [9.17, 15) is 0 Å². The molecule has 0 spiro atoms. The van der Waals surface area contributed by atoms with Gasteiger partial charge >= 0.3 is 0 Å². The average Bonchev–Trinajstić information content (AvgIpc) is 3.22. The molecule has 0 fully saturated rings. The summed E-state index contributed by atoms with van der Waals surface area (Å²) in [5, 5.41) is 0. The molecule has 0 saturated carbocycles. The van der Waals surface area contributed by atoms with Crippen molar-refractivity contribution in [3.8, 4) is 0 Å². The van der Waals surface area contributed by atoms with Gasteiger partial charge < -0.3 is 0 Å². The van der Waals surface area contributed by atoms with E-state index in [1.54, 1.807) is 0 Å². The molecule has 0 radical (unpaired) electrons. The fourth-order valence-corrected chi connectivity index (χ4v) is 3.77. The molecule has 1 atom stereocenters. The van der Waals surface area contributed by atoms with E-state index in [0.717, 1.165) is 0 Å². The smallest absolute Gasteiger partial charge is 0.0429 e. The van der Waals surface area contributed by atoms with Gasteiger partial charge in [0.05, 0.1) is 0 Å². The van der Waals surface area contributed by atoms with Gasteiger partial charge in [0.15, 0.2) is 0 Å². The van der Waals surface area contributed by atoms with E-state index in [0.29, 0.717) is 0 Å². The highest BCUT2D eigenvalue weighted by Gasteiger charge is 2.47. The summed E-state index contributed by atoms with van der Waals surface area (Å²) < 4.78 is 0. The minimum Gasteiger partial charge on any atom is -0.0622 e. The Morgan fingerprint density at radius 1 is 0.652 bits per heavy atom. The lowest BCUT2D eigenvalue weighted by Crippen LogP contribution is -2.18. The first kappa shape index (κ1) is 14.3. The number of fused-ring (bicyclic) bond motifs is 1. The molecular formula is C23H22. The molecule has 0 nitrogen and oxygen atoms in total. The van der Waals surface area contributed by atoms with E-state index in [4.69, 9.17) is 0 Å². The molecule has 0 heteroatoms. The van der Waals surface area contributed by atoms with Gasteiger partial charge in [0.2, 0.25) is 0 Å². The maximum Gasteiger partial charge on any atom is 0.0429 e. The molecule has 1 unspecified atom stereocenters. The van der Waals surface area contributed by atoms with Crippen LogP contribution >= 0.6 is 0 Å². The van der Waals surface area contributed by atoms with Crippen molar-refractivity contribution >= 4 is 0 Å². The second-order valence-corrected chi connectivity index (χ2v) is 7.24. The molecule has 3 aromatic carbocycles. The fourth-order valence-electron chi connectivity index (χ4n) is 3.77. The van der Waals surface area contributed by atoms with E-state index in [2.05, 4.69) is 99.6 Å². The molecule has 3 aromatic rings. The Morgan fingerprint density at radius 2 is 1.26 bits per heavy atom. The van der Waals surface area contributed by atoms with E-state index in [1.807, 2.05) is 0 Å². The second-order valence-electron chi connectivity index (χ2n) is 7.24. The van der Waals surface area contributed by atoms with Crippen molar-refractivity contribution in [3.05, 3.63) is 107 Å². The summed E-state index contributed by atoms with van der Waals surface area (Å²) in [5.74, 6) is 0. The van der Waals surface area contributed by atoms with E-state index in [1.165, 1.54) is 27.8 Å². The van der Waals surface area contributed by atoms with E-state index < -0.39 is 0 Å². The molecule has 23 heavy (non-hydrogen) atoms. The lowest BCUT2D eigenvalue weighted by molar-refractivity contribution is 0.640. The van der Waals surface area contributed by atoms with E-state index >= 15 is 0 Å². The molecule has 1 aliphatic carbocycles. The third kappa shape index (κ3) is 2.05. The van der Waals surface area contributed by atoms with Crippen LogP contribution in [-0.4, -0.2) is 0 Å². The minimum atomic E-state index is 0.0243. The highest BCUT2D eigenvalue weighted by Crippen LogP contribution is 2.55. The van der Waals surface area contributed by atoms with Crippen LogP contribution in [0.3, 0.4) is 0 Å². The maximum atomic E-state index is 2.41. The molecular weight excluding hydrogens is 276 g/mol. The predicted molar refractivity (Wildman–Crippen MR) is 97.0 cm³/mol. The minimum absolute atomic E-state index is 0.0243. The van der Waals surface area contributed by atoms with Crippen LogP contribution in [0.1, 0.15) is 48.6 Å². The molecule has 0 amide bonds. The zero-order valence-electron chi connectivity index (χ0n) is 14.0. The topological polar surface area (TPSA) is 0 Å². The van der Waals surface area contributed by atoms with Gasteiger partial charge in [-0.1, -0.05) is 92.7 Å². The summed E-state index contributed by atoms with van der Waals surface area (Å²) in [6.45, 7) is 6.96. The average molecular weight is 298 g/mol. The number of hydrogen-bond donors (Lipinski definition) is 0. The zero-order chi connectivity index (χ0) is 16.1. The number of hydrogen-bond acceptors (Lipinski definition) is 0. The molecule has 1 aliphatic rings. The molecule has 4 rings (SSSR count). The Hall–Kier alpha value is -2.34. The Labute approximate surface area is 138 Å². The highest BCUT2D eigenvalue weighted by molar-refractivity contribution is 5.68. The summed E-state index contributed by atoms with van der Waals surface area (Å²) in [6.07, 6.45) is 0. The Kier molecular flexibility index (Phi) is 2.99. The lowest BCUT2D eigenvalue weighted by Gasteiger charge is -2.25. The molecule has 0 N–H and O–H groups in total. The van der Waals surface area contributed by atoms with Gasteiger partial charge in [-0.3, -0.25) is 0 Å². The van der Waals surface area contributed by atoms with Crippen LogP contribution in [-0.2, 0) is 10.8 Å². The first-order valence-corrected chi connectivity index (χ1v) is 8.31. The van der Waals surface area contributed by atoms with Gasteiger partial charge in [0.25, 0.3) is 0 Å². The SMILES string of the molecule is CC(C)(c1ccccc1)c1ccc2c(c1)C2(C)c1ccccc1. The first-order chi connectivity index (χ1) is 11.0. The molecule has 0 aliphatic heterocycles. The zero-order valence-corrected chi connectivity index (χ0v) is 14.0. The third-order valence-corrected chi connectivity index (χ3v) is 5.60. The van der Waals surface area contributed by atoms with Gasteiger partial charge in [-0.15, -0.1) is 0 Å². The van der Waals surface area contributed by atoms with Gasteiger partial charge in [0.1, 0.15) is 0 Å². The second kappa shape index (κ2) is 4.83. The summed E-state index contributed by atoms with van der Waals surface area (Å²) in [6, 6.07) is 28.6. The van der Waals surface area contributed by atoms with Crippen molar-refractivity contribution < 1.29 is 0 Å². The Balaban J connectivity index is 1.75. The van der Waals surface area contributed by atoms with Crippen molar-refractivity contribution in [1.29, 1.82) is 0 Å². The van der Waals surface area contributed by atoms with Crippen molar-refractivity contribution in [3.63, 3.8) is 0 Å². The van der Waals surface area contributed by atoms with Crippen LogP contribution in [0.25, 0.3) is 0 Å². The quantitative estimate of drug-likeness (QED) is 0.583. The lowest BCUT2D eigenvalue weighted by atomic mass is 9.78. The van der Waals surface area contributed by atoms with Crippen LogP contribution < -0.4 is 0 Å². The van der Waals surface area contributed by atoms with Crippen LogP contribution in [0.15, 0.2) is 78.9 Å². The summed E-state index contributed by atoms with van der Waals surface area (Å²) in [7, 11) is 0. The van der Waals surface area contributed by atoms with Crippen molar-refractivity contribution in [2.45, 2.75) is 31.6 Å². The largest absolute Gasteiger partial charge is 0.0622 e. The van der Waals surface area contributed by atoms with Gasteiger partial charge in [-0.2, -0.15) is 0 Å². The number of benzene rings is 3. The summed E-state index contributed by atoms with van der Waals surface area (Å²) in [4.78, 5) is 0. The first-order valence-electron chi connectivity index (χ1n) is 8.31. The van der Waals surface area contributed by atoms with Gasteiger partial charge in [-0.05, 0) is 34.7 Å². The summed E-state index contributed by atoms with van der Waals surface area (Å²) >= 11 is 0. The van der Waals surface area contributed by atoms with Gasteiger partial charge in [0, 0.05) is 10.8 Å². The normalized spacial score (nSPS) is 19.3. The number of rotatable bonds is 3. The van der Waals surface area contributed by atoms with Crippen LogP contribution in [0.4, 0.5) is 0 Å². The van der Waals surface area contributed by atoms with Gasteiger partial charge in [-0.25, -0.2) is 0 Å². The maximum absolute atomic E-state index is 2.41. The standard InChI is InChI=1S/C23H22/c1-22(2,17-10-6-4-7-11-17)19-14-15-20-21(16-19)23(20,3)18-12-8-5-9-13-18/h4-16H,1-3H3. The van der Waals surface area contributed by atoms with Crippen molar-refractivity contribution in [1.82, 2.24) is 0 Å².